The van der Waals surface area contributed by atoms with Gasteiger partial charge in [-0.3, -0.25) is 0 Å². The van der Waals surface area contributed by atoms with Crippen LogP contribution in [0, 0.1) is 11.8 Å². The Morgan fingerprint density at radius 3 is 2.59 bits per heavy atom. The molecule has 6 nitrogen and oxygen atoms in total. The molecule has 3 N–H and O–H groups in total. The molecule has 9 heteroatoms. The molecule has 1 saturated carbocycles. The average Bonchev–Trinajstić information content (AvgIpc) is 3.27. The van der Waals surface area contributed by atoms with E-state index in [-0.39, 0.29) is 24.7 Å². The van der Waals surface area contributed by atoms with Gasteiger partial charge in [0, 0.05) is 18.8 Å². The third-order valence-corrected chi connectivity index (χ3v) is 5.21. The van der Waals surface area contributed by atoms with Gasteiger partial charge in [0.25, 0.3) is 0 Å². The second-order valence-corrected chi connectivity index (χ2v) is 7.31. The van der Waals surface area contributed by atoms with Crippen molar-refractivity contribution in [1.82, 2.24) is 0 Å². The molecule has 1 aliphatic heterocycles. The highest BCUT2D eigenvalue weighted by atomic mass is 19.4. The quantitative estimate of drug-likeness (QED) is 0.588. The average molecular weight is 418 g/mol. The van der Waals surface area contributed by atoms with E-state index in [0.717, 1.165) is 12.1 Å². The van der Waals surface area contributed by atoms with Crippen molar-refractivity contribution in [2.45, 2.75) is 43.6 Å². The van der Waals surface area contributed by atoms with Crippen LogP contribution in [0.5, 0.6) is 5.75 Å². The lowest BCUT2D eigenvalue weighted by molar-refractivity contribution is -0.137. The zero-order valence-electron chi connectivity index (χ0n) is 15.7. The minimum absolute atomic E-state index is 0.00277. The summed E-state index contributed by atoms with van der Waals surface area (Å²) in [6.07, 6.45) is -3.81. The van der Waals surface area contributed by atoms with Crippen LogP contribution < -0.4 is 4.74 Å². The van der Waals surface area contributed by atoms with Crippen LogP contribution in [0.3, 0.4) is 0 Å². The van der Waals surface area contributed by atoms with Crippen molar-refractivity contribution in [2.75, 3.05) is 19.8 Å². The van der Waals surface area contributed by atoms with Crippen LogP contribution in [0.1, 0.15) is 18.4 Å². The Morgan fingerprint density at radius 2 is 1.90 bits per heavy atom. The highest BCUT2D eigenvalue weighted by Crippen LogP contribution is 2.38. The molecule has 2 fully saturated rings. The predicted molar refractivity (Wildman–Crippen MR) is 96.0 cm³/mol. The fraction of sp³-hybridized carbons (Fsp3) is 0.600. The number of rotatable bonds is 7. The second kappa shape index (κ2) is 9.44. The molecule has 0 amide bonds. The van der Waals surface area contributed by atoms with E-state index in [2.05, 4.69) is 0 Å². The van der Waals surface area contributed by atoms with E-state index in [1.165, 1.54) is 18.2 Å². The smallest absolute Gasteiger partial charge is 0.416 e. The minimum Gasteiger partial charge on any atom is -0.491 e. The molecule has 1 heterocycles. The SMILES string of the molecule is OC(/C=C/[C@@H]1C(CC2OCCO2)[C@H](O)C[C@@H]1O)COc1cccc(C(F)(F)F)c1. The Bertz CT molecular complexity index is 689. The highest BCUT2D eigenvalue weighted by molar-refractivity contribution is 5.30. The second-order valence-electron chi connectivity index (χ2n) is 7.31. The molecule has 0 aromatic heterocycles. The van der Waals surface area contributed by atoms with Gasteiger partial charge in [0.15, 0.2) is 6.29 Å². The molecular formula is C20H25F3O6. The highest BCUT2D eigenvalue weighted by Gasteiger charge is 2.42. The van der Waals surface area contributed by atoms with Crippen molar-refractivity contribution in [3.8, 4) is 5.75 Å². The molecule has 162 valence electrons. The van der Waals surface area contributed by atoms with Gasteiger partial charge in [-0.15, -0.1) is 0 Å². The first-order valence-corrected chi connectivity index (χ1v) is 9.50. The molecule has 1 aromatic carbocycles. The van der Waals surface area contributed by atoms with E-state index in [9.17, 15) is 28.5 Å². The van der Waals surface area contributed by atoms with Gasteiger partial charge in [0.2, 0.25) is 0 Å². The maximum atomic E-state index is 12.7. The van der Waals surface area contributed by atoms with Crippen molar-refractivity contribution in [3.05, 3.63) is 42.0 Å². The van der Waals surface area contributed by atoms with Crippen LogP contribution in [0.2, 0.25) is 0 Å². The van der Waals surface area contributed by atoms with E-state index in [0.29, 0.717) is 19.6 Å². The number of aliphatic hydroxyl groups is 3. The first-order chi connectivity index (χ1) is 13.7. The zero-order valence-corrected chi connectivity index (χ0v) is 15.7. The van der Waals surface area contributed by atoms with Crippen molar-refractivity contribution >= 4 is 0 Å². The molecule has 1 aromatic rings. The zero-order chi connectivity index (χ0) is 21.0. The lowest BCUT2D eigenvalue weighted by atomic mass is 9.89. The number of aliphatic hydroxyl groups excluding tert-OH is 3. The van der Waals surface area contributed by atoms with Gasteiger partial charge in [0.05, 0.1) is 31.0 Å². The van der Waals surface area contributed by atoms with Gasteiger partial charge in [-0.2, -0.15) is 13.2 Å². The third-order valence-electron chi connectivity index (χ3n) is 5.21. The molecular weight excluding hydrogens is 393 g/mol. The number of alkyl halides is 3. The first kappa shape index (κ1) is 22.0. The lowest BCUT2D eigenvalue weighted by Crippen LogP contribution is -2.26. The molecule has 29 heavy (non-hydrogen) atoms. The molecule has 1 aliphatic carbocycles. The largest absolute Gasteiger partial charge is 0.491 e. The molecule has 1 saturated heterocycles. The van der Waals surface area contributed by atoms with Gasteiger partial charge >= 0.3 is 6.18 Å². The first-order valence-electron chi connectivity index (χ1n) is 9.50. The van der Waals surface area contributed by atoms with E-state index in [1.807, 2.05) is 0 Å². The van der Waals surface area contributed by atoms with Crippen molar-refractivity contribution in [2.24, 2.45) is 11.8 Å². The van der Waals surface area contributed by atoms with Crippen molar-refractivity contribution < 1.29 is 42.7 Å². The molecule has 2 aliphatic rings. The summed E-state index contributed by atoms with van der Waals surface area (Å²) < 4.78 is 54.3. The minimum atomic E-state index is -4.47. The van der Waals surface area contributed by atoms with Gasteiger partial charge in [-0.05, 0) is 24.1 Å². The Labute approximate surface area is 166 Å². The van der Waals surface area contributed by atoms with Gasteiger partial charge in [-0.25, -0.2) is 0 Å². The van der Waals surface area contributed by atoms with Crippen LogP contribution >= 0.6 is 0 Å². The summed E-state index contributed by atoms with van der Waals surface area (Å²) in [7, 11) is 0. The molecule has 3 rings (SSSR count). The Balaban J connectivity index is 1.55. The number of hydrogen-bond acceptors (Lipinski definition) is 6. The van der Waals surface area contributed by atoms with Crippen molar-refractivity contribution in [1.29, 1.82) is 0 Å². The summed E-state index contributed by atoms with van der Waals surface area (Å²) in [5, 5.41) is 30.5. The number of benzene rings is 1. The van der Waals surface area contributed by atoms with Crippen molar-refractivity contribution in [3.63, 3.8) is 0 Å². The van der Waals surface area contributed by atoms with Gasteiger partial charge < -0.3 is 29.5 Å². The van der Waals surface area contributed by atoms with Crippen LogP contribution in [0.4, 0.5) is 13.2 Å². The van der Waals surface area contributed by atoms with Crippen LogP contribution in [-0.4, -0.2) is 59.7 Å². The fourth-order valence-corrected chi connectivity index (χ4v) is 3.73. The molecule has 5 atom stereocenters. The topological polar surface area (TPSA) is 88.4 Å². The Hall–Kier alpha value is -1.65. The normalized spacial score (nSPS) is 29.6. The van der Waals surface area contributed by atoms with Crippen LogP contribution in [0.25, 0.3) is 0 Å². The number of ether oxygens (including phenoxy) is 3. The molecule has 0 spiro atoms. The molecule has 2 unspecified atom stereocenters. The van der Waals surface area contributed by atoms with Gasteiger partial charge in [-0.1, -0.05) is 18.2 Å². The van der Waals surface area contributed by atoms with E-state index in [1.54, 1.807) is 6.08 Å². The standard InChI is InChI=1S/C20H25F3O6/c21-20(22,23)12-2-1-3-14(8-12)29-11-13(24)4-5-15-16(18(26)10-17(15)25)9-19-27-6-7-28-19/h1-5,8,13,15-19,24-26H,6-7,9-11H2/b5-4+/t13?,15-,16?,17+,18-/m1/s1. The maximum absolute atomic E-state index is 12.7. The summed E-state index contributed by atoms with van der Waals surface area (Å²) >= 11 is 0. The molecule has 0 radical (unpaired) electrons. The Kier molecular flexibility index (Phi) is 7.18. The van der Waals surface area contributed by atoms with Crippen LogP contribution in [-0.2, 0) is 15.7 Å². The van der Waals surface area contributed by atoms with Gasteiger partial charge in [0.1, 0.15) is 18.5 Å². The third kappa shape index (κ3) is 5.93. The summed E-state index contributed by atoms with van der Waals surface area (Å²) in [6.45, 7) is 0.729. The van der Waals surface area contributed by atoms with E-state index in [4.69, 9.17) is 14.2 Å². The van der Waals surface area contributed by atoms with E-state index >= 15 is 0 Å². The fourth-order valence-electron chi connectivity index (χ4n) is 3.73. The summed E-state index contributed by atoms with van der Waals surface area (Å²) in [4.78, 5) is 0. The van der Waals surface area contributed by atoms with Crippen LogP contribution in [0.15, 0.2) is 36.4 Å². The molecule has 0 bridgehead atoms. The number of halogens is 3. The summed E-state index contributed by atoms with van der Waals surface area (Å²) in [6, 6.07) is 4.41. The maximum Gasteiger partial charge on any atom is 0.416 e. The predicted octanol–water partition coefficient (Wildman–Crippen LogP) is 2.12. The number of hydrogen-bond donors (Lipinski definition) is 3. The monoisotopic (exact) mass is 418 g/mol. The lowest BCUT2D eigenvalue weighted by Gasteiger charge is -2.23. The van der Waals surface area contributed by atoms with E-state index < -0.39 is 42.3 Å². The summed E-state index contributed by atoms with van der Waals surface area (Å²) in [5.41, 5.74) is -0.831. The summed E-state index contributed by atoms with van der Waals surface area (Å²) in [5.74, 6) is -0.695. The Morgan fingerprint density at radius 1 is 1.17 bits per heavy atom.